The number of carbonyl (C=O) groups excluding carboxylic acids is 1. The van der Waals surface area contributed by atoms with Crippen LogP contribution < -0.4 is 10.6 Å². The number of hydrogen-bond acceptors (Lipinski definition) is 6. The van der Waals surface area contributed by atoms with Crippen LogP contribution in [-0.4, -0.2) is 48.0 Å². The van der Waals surface area contributed by atoms with E-state index in [1.165, 1.54) is 0 Å². The van der Waals surface area contributed by atoms with E-state index in [9.17, 15) is 4.79 Å². The fourth-order valence-corrected chi connectivity index (χ4v) is 2.21. The number of nitriles is 1. The van der Waals surface area contributed by atoms with Crippen LogP contribution in [-0.2, 0) is 0 Å². The van der Waals surface area contributed by atoms with Crippen LogP contribution in [0.4, 0.5) is 11.5 Å². The molecular weight excluding hydrogens is 316 g/mol. The lowest BCUT2D eigenvalue weighted by Gasteiger charge is -2.11. The minimum Gasteiger partial charge on any atom is -0.370 e. The quantitative estimate of drug-likeness (QED) is 0.752. The van der Waals surface area contributed by atoms with Gasteiger partial charge < -0.3 is 15.5 Å². The molecular formula is C18H22N6O. The molecule has 0 aliphatic carbocycles. The zero-order valence-corrected chi connectivity index (χ0v) is 14.7. The van der Waals surface area contributed by atoms with E-state index in [0.717, 1.165) is 19.5 Å². The molecule has 0 bridgehead atoms. The fourth-order valence-electron chi connectivity index (χ4n) is 2.21. The van der Waals surface area contributed by atoms with Gasteiger partial charge >= 0.3 is 0 Å². The van der Waals surface area contributed by atoms with Crippen LogP contribution in [0, 0.1) is 18.3 Å². The van der Waals surface area contributed by atoms with E-state index in [0.29, 0.717) is 28.6 Å². The van der Waals surface area contributed by atoms with Crippen LogP contribution in [0.15, 0.2) is 30.3 Å². The van der Waals surface area contributed by atoms with Crippen LogP contribution in [0.1, 0.15) is 28.3 Å². The highest BCUT2D eigenvalue weighted by Gasteiger charge is 2.11. The van der Waals surface area contributed by atoms with E-state index < -0.39 is 0 Å². The normalized spacial score (nSPS) is 10.4. The highest BCUT2D eigenvalue weighted by Crippen LogP contribution is 2.12. The van der Waals surface area contributed by atoms with Gasteiger partial charge in [0.1, 0.15) is 17.3 Å². The Kier molecular flexibility index (Phi) is 6.43. The topological polar surface area (TPSA) is 93.9 Å². The molecule has 0 saturated heterocycles. The summed E-state index contributed by atoms with van der Waals surface area (Å²) in [7, 11) is 4.06. The zero-order valence-electron chi connectivity index (χ0n) is 14.7. The number of hydrogen-bond donors (Lipinski definition) is 2. The third-order valence-corrected chi connectivity index (χ3v) is 3.43. The Hall–Kier alpha value is -2.98. The summed E-state index contributed by atoms with van der Waals surface area (Å²) in [4.78, 5) is 23.0. The molecule has 0 unspecified atom stereocenters. The standard InChI is InChI=1S/C18H22N6O/c1-13-21-16(11-17(22-13)20-9-4-10-24(2)3)18(25)23-15-7-5-14(12-19)6-8-15/h5-8,11H,4,9-10H2,1-3H3,(H,23,25)(H,20,21,22). The molecule has 7 nitrogen and oxygen atoms in total. The molecule has 130 valence electrons. The van der Waals surface area contributed by atoms with Gasteiger partial charge in [0.15, 0.2) is 0 Å². The first-order chi connectivity index (χ1) is 12.0. The molecule has 0 atom stereocenters. The number of aromatic nitrogens is 2. The lowest BCUT2D eigenvalue weighted by atomic mass is 10.2. The SMILES string of the molecule is Cc1nc(NCCCN(C)C)cc(C(=O)Nc2ccc(C#N)cc2)n1. The van der Waals surface area contributed by atoms with Gasteiger partial charge in [0.2, 0.25) is 0 Å². The molecule has 1 heterocycles. The van der Waals surface area contributed by atoms with Crippen LogP contribution >= 0.6 is 0 Å². The van der Waals surface area contributed by atoms with Crippen molar-refractivity contribution in [1.82, 2.24) is 14.9 Å². The number of benzene rings is 1. The monoisotopic (exact) mass is 338 g/mol. The van der Waals surface area contributed by atoms with Gasteiger partial charge in [-0.05, 0) is 58.3 Å². The molecule has 1 amide bonds. The summed E-state index contributed by atoms with van der Waals surface area (Å²) in [6.45, 7) is 3.50. The zero-order chi connectivity index (χ0) is 18.2. The second-order valence-corrected chi connectivity index (χ2v) is 5.91. The van der Waals surface area contributed by atoms with Gasteiger partial charge in [-0.15, -0.1) is 0 Å². The molecule has 1 aromatic carbocycles. The van der Waals surface area contributed by atoms with E-state index in [-0.39, 0.29) is 5.91 Å². The van der Waals surface area contributed by atoms with E-state index in [1.807, 2.05) is 20.2 Å². The van der Waals surface area contributed by atoms with Crippen LogP contribution in [0.3, 0.4) is 0 Å². The van der Waals surface area contributed by atoms with Gasteiger partial charge in [-0.25, -0.2) is 9.97 Å². The fraction of sp³-hybridized carbons (Fsp3) is 0.333. The molecule has 0 spiro atoms. The largest absolute Gasteiger partial charge is 0.370 e. The Labute approximate surface area is 147 Å². The maximum atomic E-state index is 12.4. The van der Waals surface area contributed by atoms with E-state index >= 15 is 0 Å². The van der Waals surface area contributed by atoms with Gasteiger partial charge in [0, 0.05) is 18.3 Å². The third-order valence-electron chi connectivity index (χ3n) is 3.43. The first kappa shape index (κ1) is 18.4. The Bertz CT molecular complexity index is 764. The maximum Gasteiger partial charge on any atom is 0.274 e. The van der Waals surface area contributed by atoms with E-state index in [1.54, 1.807) is 37.3 Å². The lowest BCUT2D eigenvalue weighted by Crippen LogP contribution is -2.18. The summed E-state index contributed by atoms with van der Waals surface area (Å²) in [5.41, 5.74) is 1.45. The summed E-state index contributed by atoms with van der Waals surface area (Å²) >= 11 is 0. The minimum atomic E-state index is -0.313. The molecule has 2 aromatic rings. The average molecular weight is 338 g/mol. The second kappa shape index (κ2) is 8.76. The van der Waals surface area contributed by atoms with Crippen molar-refractivity contribution in [3.05, 3.63) is 47.4 Å². The van der Waals surface area contributed by atoms with Gasteiger partial charge in [0.25, 0.3) is 5.91 Å². The van der Waals surface area contributed by atoms with Crippen molar-refractivity contribution in [1.29, 1.82) is 5.26 Å². The molecule has 2 rings (SSSR count). The van der Waals surface area contributed by atoms with Crippen molar-refractivity contribution in [3.63, 3.8) is 0 Å². The van der Waals surface area contributed by atoms with Gasteiger partial charge in [0.05, 0.1) is 11.6 Å². The highest BCUT2D eigenvalue weighted by molar-refractivity contribution is 6.03. The third kappa shape index (κ3) is 5.86. The lowest BCUT2D eigenvalue weighted by molar-refractivity contribution is 0.102. The first-order valence-electron chi connectivity index (χ1n) is 8.04. The molecule has 1 aromatic heterocycles. The molecule has 7 heteroatoms. The van der Waals surface area contributed by atoms with E-state index in [4.69, 9.17) is 5.26 Å². The van der Waals surface area contributed by atoms with Crippen molar-refractivity contribution >= 4 is 17.4 Å². The van der Waals surface area contributed by atoms with Crippen molar-refractivity contribution in [3.8, 4) is 6.07 Å². The number of nitrogens with one attached hydrogen (secondary N) is 2. The molecule has 0 fully saturated rings. The molecule has 25 heavy (non-hydrogen) atoms. The number of anilines is 2. The molecule has 0 radical (unpaired) electrons. The van der Waals surface area contributed by atoms with Crippen LogP contribution in [0.25, 0.3) is 0 Å². The predicted octanol–water partition coefficient (Wildman–Crippen LogP) is 2.27. The summed E-state index contributed by atoms with van der Waals surface area (Å²) < 4.78 is 0. The van der Waals surface area contributed by atoms with Crippen LogP contribution in [0.5, 0.6) is 0 Å². The van der Waals surface area contributed by atoms with Crippen molar-refractivity contribution in [2.24, 2.45) is 0 Å². The smallest absolute Gasteiger partial charge is 0.274 e. The summed E-state index contributed by atoms with van der Waals surface area (Å²) in [5.74, 6) is 0.852. The second-order valence-electron chi connectivity index (χ2n) is 5.91. The average Bonchev–Trinajstić information content (AvgIpc) is 2.59. The van der Waals surface area contributed by atoms with Gasteiger partial charge in [-0.1, -0.05) is 0 Å². The number of amides is 1. The number of rotatable bonds is 7. The maximum absolute atomic E-state index is 12.4. The Morgan fingerprint density at radius 2 is 1.96 bits per heavy atom. The van der Waals surface area contributed by atoms with Crippen LogP contribution in [0.2, 0.25) is 0 Å². The summed E-state index contributed by atoms with van der Waals surface area (Å²) in [6, 6.07) is 10.4. The number of nitrogens with zero attached hydrogens (tertiary/aromatic N) is 4. The number of carbonyl (C=O) groups is 1. The Balaban J connectivity index is 2.02. The Morgan fingerprint density at radius 1 is 1.24 bits per heavy atom. The van der Waals surface area contributed by atoms with Crippen molar-refractivity contribution < 1.29 is 4.79 Å². The minimum absolute atomic E-state index is 0.298. The highest BCUT2D eigenvalue weighted by atomic mass is 16.1. The van der Waals surface area contributed by atoms with E-state index in [2.05, 4.69) is 25.5 Å². The number of aryl methyl sites for hydroxylation is 1. The van der Waals surface area contributed by atoms with Crippen molar-refractivity contribution in [2.75, 3.05) is 37.8 Å². The van der Waals surface area contributed by atoms with Gasteiger partial charge in [-0.2, -0.15) is 5.26 Å². The van der Waals surface area contributed by atoms with Crippen molar-refractivity contribution in [2.45, 2.75) is 13.3 Å². The van der Waals surface area contributed by atoms with Gasteiger partial charge in [-0.3, -0.25) is 4.79 Å². The Morgan fingerprint density at radius 3 is 2.60 bits per heavy atom. The molecule has 0 aliphatic heterocycles. The molecule has 0 aliphatic rings. The molecule has 2 N–H and O–H groups in total. The predicted molar refractivity (Wildman–Crippen MR) is 97.5 cm³/mol. The summed E-state index contributed by atoms with van der Waals surface area (Å²) in [6.07, 6.45) is 0.975. The first-order valence-corrected chi connectivity index (χ1v) is 8.04. The summed E-state index contributed by atoms with van der Waals surface area (Å²) in [5, 5.41) is 14.8. The molecule has 0 saturated carbocycles.